The number of alkyl halides is 2. The first kappa shape index (κ1) is 8.11. The van der Waals surface area contributed by atoms with Crippen LogP contribution in [0.3, 0.4) is 0 Å². The van der Waals surface area contributed by atoms with Crippen molar-refractivity contribution in [2.24, 2.45) is 5.92 Å². The molecule has 0 spiro atoms. The van der Waals surface area contributed by atoms with Gasteiger partial charge < -0.3 is 6.15 Å². The van der Waals surface area contributed by atoms with Crippen molar-refractivity contribution in [3.63, 3.8) is 0 Å². The van der Waals surface area contributed by atoms with Gasteiger partial charge in [0.1, 0.15) is 11.8 Å². The number of hydrogen-bond acceptors (Lipinski definition) is 1. The second-order valence-corrected chi connectivity index (χ2v) is 2.14. The molecule has 0 aliphatic heterocycles. The molecule has 3 atom stereocenters. The summed E-state index contributed by atoms with van der Waals surface area (Å²) >= 11 is 0. The molecule has 0 amide bonds. The Hall–Kier alpha value is 0.110. The summed E-state index contributed by atoms with van der Waals surface area (Å²) in [6, 6.07) is 0. The molecule has 0 radical (unpaired) electrons. The van der Waals surface area contributed by atoms with Crippen LogP contribution in [0.4, 0.5) is 8.78 Å². The van der Waals surface area contributed by atoms with E-state index in [1.165, 1.54) is 0 Å². The minimum absolute atomic E-state index is 0. The molecule has 4 heteroatoms. The maximum Gasteiger partial charge on any atom is 0.148 e. The molecule has 0 bridgehead atoms. The lowest BCUT2D eigenvalue weighted by atomic mass is 10.4. The van der Waals surface area contributed by atoms with Crippen LogP contribution in [-0.2, 0) is 0 Å². The fourth-order valence-corrected chi connectivity index (χ4v) is 0.769. The first-order valence-electron chi connectivity index (χ1n) is 2.08. The third-order valence-electron chi connectivity index (χ3n) is 1.69. The van der Waals surface area contributed by atoms with Crippen LogP contribution in [0.25, 0.3) is 0 Å². The molecular weight excluding hydrogens is 136 g/mol. The van der Waals surface area contributed by atoms with Crippen LogP contribution in [0, 0.1) is 5.92 Å². The molecule has 0 heterocycles. The van der Waals surface area contributed by atoms with E-state index in [1.54, 1.807) is 0 Å². The molecule has 2 aliphatic carbocycles. The topological polar surface area (TPSA) is 35.0 Å². The maximum absolute atomic E-state index is 11.9. The van der Waals surface area contributed by atoms with Crippen molar-refractivity contribution >= 4 is 12.4 Å². The van der Waals surface area contributed by atoms with Gasteiger partial charge in [-0.3, -0.25) is 0 Å². The Bertz CT molecular complexity index is 104. The molecule has 3 unspecified atom stereocenters. The largest absolute Gasteiger partial charge is 0.344 e. The van der Waals surface area contributed by atoms with Gasteiger partial charge in [-0.1, -0.05) is 0 Å². The van der Waals surface area contributed by atoms with Crippen molar-refractivity contribution in [2.45, 2.75) is 18.3 Å². The van der Waals surface area contributed by atoms with E-state index in [0.717, 1.165) is 0 Å². The molecule has 8 heavy (non-hydrogen) atoms. The number of halogens is 3. The lowest BCUT2D eigenvalue weighted by Crippen LogP contribution is -1.94. The highest BCUT2D eigenvalue weighted by atomic mass is 35.5. The summed E-state index contributed by atoms with van der Waals surface area (Å²) in [6.45, 7) is 0. The van der Waals surface area contributed by atoms with Crippen LogP contribution in [0.5, 0.6) is 0 Å². The highest BCUT2D eigenvalue weighted by molar-refractivity contribution is 5.85. The fraction of sp³-hybridized carbons (Fsp3) is 1.00. The van der Waals surface area contributed by atoms with Crippen LogP contribution in [0.1, 0.15) is 6.42 Å². The van der Waals surface area contributed by atoms with Crippen molar-refractivity contribution in [3.8, 4) is 0 Å². The standard InChI is InChI=1S/C4H4F2.ClH.H3N/c5-3-2-1-4(2,3)6;;/h2-3H,1H2;1H;1H3. The average Bonchev–Trinajstić information content (AvgIpc) is 2.24. The van der Waals surface area contributed by atoms with Gasteiger partial charge in [0.15, 0.2) is 0 Å². The Labute approximate surface area is 52.4 Å². The van der Waals surface area contributed by atoms with E-state index < -0.39 is 11.8 Å². The van der Waals surface area contributed by atoms with E-state index >= 15 is 0 Å². The molecule has 2 rings (SSSR count). The summed E-state index contributed by atoms with van der Waals surface area (Å²) in [5, 5.41) is 0. The lowest BCUT2D eigenvalue weighted by molar-refractivity contribution is 0.265. The molecular formula is C4H8ClF2N. The fourth-order valence-electron chi connectivity index (χ4n) is 0.769. The Morgan fingerprint density at radius 2 is 1.75 bits per heavy atom. The summed E-state index contributed by atoms with van der Waals surface area (Å²) in [5.74, 6) is -0.169. The third-order valence-corrected chi connectivity index (χ3v) is 1.69. The van der Waals surface area contributed by atoms with E-state index in [-0.39, 0.29) is 24.5 Å². The predicted molar refractivity (Wildman–Crippen MR) is 29.1 cm³/mol. The van der Waals surface area contributed by atoms with E-state index in [2.05, 4.69) is 0 Å². The van der Waals surface area contributed by atoms with Crippen molar-refractivity contribution in [2.75, 3.05) is 0 Å². The highest BCUT2D eigenvalue weighted by Crippen LogP contribution is 2.71. The zero-order valence-corrected chi connectivity index (χ0v) is 5.05. The molecule has 50 valence electrons. The van der Waals surface area contributed by atoms with Gasteiger partial charge in [-0.25, -0.2) is 8.78 Å². The highest BCUT2D eigenvalue weighted by Gasteiger charge is 2.82. The monoisotopic (exact) mass is 143 g/mol. The van der Waals surface area contributed by atoms with E-state index in [0.29, 0.717) is 6.42 Å². The zero-order valence-electron chi connectivity index (χ0n) is 4.23. The Morgan fingerprint density at radius 3 is 1.75 bits per heavy atom. The normalized spacial score (nSPS) is 54.8. The maximum atomic E-state index is 11.9. The number of hydrogen-bond donors (Lipinski definition) is 1. The van der Waals surface area contributed by atoms with Gasteiger partial charge in [-0.05, 0) is 6.42 Å². The molecule has 3 N–H and O–H groups in total. The zero-order chi connectivity index (χ0) is 4.36. The summed E-state index contributed by atoms with van der Waals surface area (Å²) in [5.41, 5.74) is -1.29. The first-order valence-corrected chi connectivity index (χ1v) is 2.08. The summed E-state index contributed by atoms with van der Waals surface area (Å²) < 4.78 is 23.5. The molecule has 2 fully saturated rings. The SMILES string of the molecule is Cl.FC1C2CC12F.N. The molecule has 0 aromatic heterocycles. The molecule has 0 aromatic carbocycles. The van der Waals surface area contributed by atoms with E-state index in [1.807, 2.05) is 0 Å². The lowest BCUT2D eigenvalue weighted by Gasteiger charge is -1.85. The van der Waals surface area contributed by atoms with Gasteiger partial charge in [0, 0.05) is 5.92 Å². The van der Waals surface area contributed by atoms with Gasteiger partial charge in [-0.2, -0.15) is 0 Å². The van der Waals surface area contributed by atoms with Crippen molar-refractivity contribution < 1.29 is 8.78 Å². The van der Waals surface area contributed by atoms with Crippen molar-refractivity contribution in [1.29, 1.82) is 0 Å². The third kappa shape index (κ3) is 0.545. The quantitative estimate of drug-likeness (QED) is 0.550. The minimum Gasteiger partial charge on any atom is -0.344 e. The van der Waals surface area contributed by atoms with E-state index in [9.17, 15) is 8.78 Å². The smallest absolute Gasteiger partial charge is 0.148 e. The van der Waals surface area contributed by atoms with Crippen LogP contribution >= 0.6 is 12.4 Å². The molecule has 2 saturated carbocycles. The minimum atomic E-state index is -1.29. The van der Waals surface area contributed by atoms with Crippen LogP contribution in [0.2, 0.25) is 0 Å². The van der Waals surface area contributed by atoms with Crippen molar-refractivity contribution in [3.05, 3.63) is 0 Å². The Morgan fingerprint density at radius 1 is 1.50 bits per heavy atom. The number of rotatable bonds is 0. The second kappa shape index (κ2) is 1.54. The van der Waals surface area contributed by atoms with Gasteiger partial charge in [0.05, 0.1) is 0 Å². The van der Waals surface area contributed by atoms with Gasteiger partial charge in [0.25, 0.3) is 0 Å². The van der Waals surface area contributed by atoms with Crippen molar-refractivity contribution in [1.82, 2.24) is 6.15 Å². The van der Waals surface area contributed by atoms with Gasteiger partial charge >= 0.3 is 0 Å². The Kier molecular flexibility index (Phi) is 1.57. The molecule has 0 aromatic rings. The van der Waals surface area contributed by atoms with Gasteiger partial charge in [0.2, 0.25) is 0 Å². The predicted octanol–water partition coefficient (Wildman–Crippen LogP) is 1.65. The number of fused-ring (bicyclic) bond motifs is 1. The summed E-state index contributed by atoms with van der Waals surface area (Å²) in [7, 11) is 0. The van der Waals surface area contributed by atoms with Crippen LogP contribution < -0.4 is 6.15 Å². The molecule has 1 nitrogen and oxygen atoms in total. The summed E-state index contributed by atoms with van der Waals surface area (Å²) in [6.07, 6.45) is -0.578. The van der Waals surface area contributed by atoms with E-state index in [4.69, 9.17) is 0 Å². The molecule has 2 aliphatic rings. The molecule has 0 saturated heterocycles. The summed E-state index contributed by atoms with van der Waals surface area (Å²) in [4.78, 5) is 0. The van der Waals surface area contributed by atoms with Gasteiger partial charge in [-0.15, -0.1) is 12.4 Å². The first-order chi connectivity index (χ1) is 2.75. The second-order valence-electron chi connectivity index (χ2n) is 2.14. The van der Waals surface area contributed by atoms with Crippen LogP contribution in [0.15, 0.2) is 0 Å². The van der Waals surface area contributed by atoms with Crippen LogP contribution in [-0.4, -0.2) is 11.8 Å². The Balaban J connectivity index is 0.000000245. The average molecular weight is 144 g/mol.